The van der Waals surface area contributed by atoms with Gasteiger partial charge in [-0.3, -0.25) is 9.59 Å². The third-order valence-electron chi connectivity index (χ3n) is 11.8. The zero-order valence-electron chi connectivity index (χ0n) is 38.9. The van der Waals surface area contributed by atoms with Crippen LogP contribution in [0.5, 0.6) is 0 Å². The van der Waals surface area contributed by atoms with Crippen LogP contribution in [0.3, 0.4) is 0 Å². The van der Waals surface area contributed by atoms with Gasteiger partial charge in [0, 0.05) is 6.42 Å². The maximum Gasteiger partial charge on any atom is 0.306 e. The third kappa shape index (κ3) is 41.1. The quantitative estimate of drug-likeness (QED) is 0.0323. The molecule has 6 nitrogen and oxygen atoms in total. The second-order valence-electron chi connectivity index (χ2n) is 17.6. The Kier molecular flexibility index (Phi) is 45.1. The Balaban J connectivity index is 4.59. The molecular formula is C52H99NO5. The molecule has 0 aliphatic rings. The first-order chi connectivity index (χ1) is 28.5. The fourth-order valence-corrected chi connectivity index (χ4v) is 7.87. The number of carbonyl (C=O) groups is 2. The summed E-state index contributed by atoms with van der Waals surface area (Å²) in [5, 5.41) is 23.7. The summed E-state index contributed by atoms with van der Waals surface area (Å²) in [6.45, 7) is 6.46. The van der Waals surface area contributed by atoms with Gasteiger partial charge in [-0.05, 0) is 57.8 Å². The Labute approximate surface area is 361 Å². The van der Waals surface area contributed by atoms with Crippen molar-refractivity contribution >= 4 is 11.9 Å². The lowest BCUT2D eigenvalue weighted by Crippen LogP contribution is -2.46. The molecule has 0 aromatic carbocycles. The van der Waals surface area contributed by atoms with Crippen LogP contribution in [-0.4, -0.2) is 46.9 Å². The molecule has 0 spiro atoms. The smallest absolute Gasteiger partial charge is 0.306 e. The van der Waals surface area contributed by atoms with E-state index < -0.39 is 18.2 Å². The summed E-state index contributed by atoms with van der Waals surface area (Å²) in [6, 6.07) is -0.700. The van der Waals surface area contributed by atoms with Crippen molar-refractivity contribution in [2.45, 2.75) is 289 Å². The van der Waals surface area contributed by atoms with E-state index in [-0.39, 0.29) is 24.9 Å². The minimum Gasteiger partial charge on any atom is -0.462 e. The van der Waals surface area contributed by atoms with Crippen molar-refractivity contribution in [2.24, 2.45) is 0 Å². The van der Waals surface area contributed by atoms with Crippen molar-refractivity contribution in [1.29, 1.82) is 0 Å². The summed E-state index contributed by atoms with van der Waals surface area (Å²) in [5.41, 5.74) is 0. The normalized spacial score (nSPS) is 13.4. The number of aliphatic hydroxyl groups is 2. The van der Waals surface area contributed by atoms with Crippen LogP contribution in [0.15, 0.2) is 24.3 Å². The van der Waals surface area contributed by atoms with Crippen LogP contribution >= 0.6 is 0 Å². The van der Waals surface area contributed by atoms with Gasteiger partial charge >= 0.3 is 5.97 Å². The molecule has 6 heteroatoms. The number of aliphatic hydroxyl groups excluding tert-OH is 2. The highest BCUT2D eigenvalue weighted by atomic mass is 16.5. The molecule has 0 aromatic heterocycles. The molecule has 0 aliphatic heterocycles. The number of ether oxygens (including phenoxy) is 1. The maximum atomic E-state index is 13.2. The zero-order chi connectivity index (χ0) is 42.4. The summed E-state index contributed by atoms with van der Waals surface area (Å²) in [7, 11) is 0. The van der Waals surface area contributed by atoms with Gasteiger partial charge in [0.15, 0.2) is 0 Å². The minimum atomic E-state index is -0.786. The summed E-state index contributed by atoms with van der Waals surface area (Å²) in [6.07, 6.45) is 52.3. The van der Waals surface area contributed by atoms with Gasteiger partial charge in [-0.1, -0.05) is 225 Å². The zero-order valence-corrected chi connectivity index (χ0v) is 38.9. The number of rotatable bonds is 46. The molecule has 0 aromatic rings. The molecule has 0 aliphatic carbocycles. The Morgan fingerprint density at radius 3 is 1.34 bits per heavy atom. The molecule has 0 fully saturated rings. The van der Waals surface area contributed by atoms with Gasteiger partial charge in [-0.25, -0.2) is 0 Å². The standard InChI is InChI=1S/C52H99NO5/c1-4-7-10-13-16-19-22-25-26-27-28-31-34-37-40-43-48(58-52(57)45-42-39-36-33-30-24-21-18-15-12-9-6-3)46-51(56)53-49(47-54)50(55)44-41-38-35-32-29-23-20-17-14-11-8-5-2/h16,19,25-26,48-50,54-55H,4-15,17-18,20-24,27-47H2,1-3H3,(H,53,56)/b19-16-,26-25-. The third-order valence-corrected chi connectivity index (χ3v) is 11.8. The lowest BCUT2D eigenvalue weighted by molar-refractivity contribution is -0.151. The number of nitrogens with one attached hydrogen (secondary N) is 1. The average molecular weight is 818 g/mol. The first-order valence-electron chi connectivity index (χ1n) is 25.6. The van der Waals surface area contributed by atoms with Crippen LogP contribution in [0, 0.1) is 0 Å². The second-order valence-corrected chi connectivity index (χ2v) is 17.6. The summed E-state index contributed by atoms with van der Waals surface area (Å²) >= 11 is 0. The molecule has 58 heavy (non-hydrogen) atoms. The van der Waals surface area contributed by atoms with E-state index >= 15 is 0 Å². The number of esters is 1. The molecule has 0 saturated carbocycles. The van der Waals surface area contributed by atoms with Gasteiger partial charge in [-0.15, -0.1) is 0 Å². The number of amides is 1. The van der Waals surface area contributed by atoms with Gasteiger partial charge in [0.25, 0.3) is 0 Å². The molecule has 0 radical (unpaired) electrons. The highest BCUT2D eigenvalue weighted by molar-refractivity contribution is 5.77. The predicted molar refractivity (Wildman–Crippen MR) is 250 cm³/mol. The van der Waals surface area contributed by atoms with Crippen molar-refractivity contribution in [3.8, 4) is 0 Å². The molecule has 0 rings (SSSR count). The highest BCUT2D eigenvalue weighted by Gasteiger charge is 2.24. The van der Waals surface area contributed by atoms with Crippen molar-refractivity contribution in [3.05, 3.63) is 24.3 Å². The van der Waals surface area contributed by atoms with Gasteiger partial charge in [-0.2, -0.15) is 0 Å². The van der Waals surface area contributed by atoms with Crippen molar-refractivity contribution in [3.63, 3.8) is 0 Å². The lowest BCUT2D eigenvalue weighted by Gasteiger charge is -2.24. The molecule has 0 bridgehead atoms. The van der Waals surface area contributed by atoms with Crippen molar-refractivity contribution < 1.29 is 24.5 Å². The molecule has 0 saturated heterocycles. The van der Waals surface area contributed by atoms with E-state index in [0.29, 0.717) is 19.3 Å². The van der Waals surface area contributed by atoms with Gasteiger partial charge in [0.05, 0.1) is 25.2 Å². The maximum absolute atomic E-state index is 13.2. The molecular weight excluding hydrogens is 719 g/mol. The second kappa shape index (κ2) is 46.4. The first kappa shape index (κ1) is 56.3. The van der Waals surface area contributed by atoms with Crippen LogP contribution in [0.4, 0.5) is 0 Å². The van der Waals surface area contributed by atoms with Crippen LogP contribution in [0.1, 0.15) is 271 Å². The average Bonchev–Trinajstić information content (AvgIpc) is 3.22. The van der Waals surface area contributed by atoms with E-state index in [1.54, 1.807) is 0 Å². The van der Waals surface area contributed by atoms with Crippen LogP contribution in [0.2, 0.25) is 0 Å². The first-order valence-corrected chi connectivity index (χ1v) is 25.6. The fourth-order valence-electron chi connectivity index (χ4n) is 7.87. The number of hydrogen-bond donors (Lipinski definition) is 3. The number of carbonyl (C=O) groups excluding carboxylic acids is 2. The van der Waals surface area contributed by atoms with E-state index in [4.69, 9.17) is 4.74 Å². The number of allylic oxidation sites excluding steroid dienone is 4. The molecule has 342 valence electrons. The Morgan fingerprint density at radius 2 is 0.879 bits per heavy atom. The SMILES string of the molecule is CCCCC/C=C\C/C=C\CCCCCCCC(CC(=O)NC(CO)C(O)CCCCCCCCCCCCCC)OC(=O)CCCCCCCCCCCCCC. The van der Waals surface area contributed by atoms with Crippen LogP contribution < -0.4 is 5.32 Å². The van der Waals surface area contributed by atoms with E-state index in [2.05, 4.69) is 50.4 Å². The van der Waals surface area contributed by atoms with Crippen LogP contribution in [-0.2, 0) is 14.3 Å². The molecule has 3 atom stereocenters. The van der Waals surface area contributed by atoms with Gasteiger partial charge < -0.3 is 20.3 Å². The molecule has 3 unspecified atom stereocenters. The minimum absolute atomic E-state index is 0.0733. The van der Waals surface area contributed by atoms with Crippen molar-refractivity contribution in [2.75, 3.05) is 6.61 Å². The van der Waals surface area contributed by atoms with Gasteiger partial charge in [0.2, 0.25) is 5.91 Å². The summed E-state index contributed by atoms with van der Waals surface area (Å²) < 4.78 is 5.93. The van der Waals surface area contributed by atoms with Gasteiger partial charge in [0.1, 0.15) is 6.10 Å². The number of unbranched alkanes of at least 4 members (excludes halogenated alkanes) is 30. The van der Waals surface area contributed by atoms with E-state index in [9.17, 15) is 19.8 Å². The summed E-state index contributed by atoms with van der Waals surface area (Å²) in [5.74, 6) is -0.475. The monoisotopic (exact) mass is 818 g/mol. The molecule has 0 heterocycles. The number of hydrogen-bond acceptors (Lipinski definition) is 5. The van der Waals surface area contributed by atoms with Crippen LogP contribution in [0.25, 0.3) is 0 Å². The largest absolute Gasteiger partial charge is 0.462 e. The van der Waals surface area contributed by atoms with Crippen molar-refractivity contribution in [1.82, 2.24) is 5.32 Å². The Hall–Kier alpha value is -1.66. The topological polar surface area (TPSA) is 95.9 Å². The van der Waals surface area contributed by atoms with E-state index in [1.165, 1.54) is 161 Å². The fraction of sp³-hybridized carbons (Fsp3) is 0.885. The molecule has 3 N–H and O–H groups in total. The lowest BCUT2D eigenvalue weighted by atomic mass is 10.0. The van der Waals surface area contributed by atoms with E-state index in [0.717, 1.165) is 64.2 Å². The Morgan fingerprint density at radius 1 is 0.500 bits per heavy atom. The summed E-state index contributed by atoms with van der Waals surface area (Å²) in [4.78, 5) is 26.1. The van der Waals surface area contributed by atoms with E-state index in [1.807, 2.05) is 0 Å². The molecule has 1 amide bonds. The highest BCUT2D eigenvalue weighted by Crippen LogP contribution is 2.18. The predicted octanol–water partition coefficient (Wildman–Crippen LogP) is 15.1. The Bertz CT molecular complexity index is 919.